The summed E-state index contributed by atoms with van der Waals surface area (Å²) < 4.78 is 7.91. The van der Waals surface area contributed by atoms with Gasteiger partial charge in [0.25, 0.3) is 0 Å². The number of ether oxygens (including phenoxy) is 1. The Morgan fingerprint density at radius 3 is 2.48 bits per heavy atom. The molecule has 1 aliphatic rings. The zero-order chi connectivity index (χ0) is 22.5. The van der Waals surface area contributed by atoms with Crippen molar-refractivity contribution in [3.8, 4) is 5.75 Å². The lowest BCUT2D eigenvalue weighted by Crippen LogP contribution is -2.41. The number of aromatic nitrogens is 1. The van der Waals surface area contributed by atoms with Crippen LogP contribution in [0.2, 0.25) is 0 Å². The molecule has 0 radical (unpaired) electrons. The molecule has 170 valence electrons. The fraction of sp³-hybridized carbons (Fsp3) is 0.577. The number of benzene rings is 1. The number of nitrogens with zero attached hydrogens (tertiary/aromatic N) is 3. The molecular formula is C26H39N3O2. The Balaban J connectivity index is 1.87. The van der Waals surface area contributed by atoms with Gasteiger partial charge in [0.15, 0.2) is 0 Å². The average Bonchev–Trinajstić information content (AvgIpc) is 3.32. The van der Waals surface area contributed by atoms with Gasteiger partial charge in [0.05, 0.1) is 7.11 Å². The average molecular weight is 426 g/mol. The van der Waals surface area contributed by atoms with E-state index in [9.17, 15) is 4.79 Å². The second-order valence-corrected chi connectivity index (χ2v) is 9.70. The number of hydrogen-bond donors (Lipinski definition) is 0. The Morgan fingerprint density at radius 2 is 1.87 bits per heavy atom. The van der Waals surface area contributed by atoms with Crippen LogP contribution >= 0.6 is 0 Å². The van der Waals surface area contributed by atoms with Gasteiger partial charge >= 0.3 is 0 Å². The van der Waals surface area contributed by atoms with Crippen molar-refractivity contribution in [3.63, 3.8) is 0 Å². The summed E-state index contributed by atoms with van der Waals surface area (Å²) >= 11 is 0. The maximum absolute atomic E-state index is 13.0. The van der Waals surface area contributed by atoms with Gasteiger partial charge in [-0.3, -0.25) is 9.69 Å². The molecule has 1 aromatic carbocycles. The van der Waals surface area contributed by atoms with Crippen LogP contribution < -0.4 is 4.74 Å². The van der Waals surface area contributed by atoms with Crippen LogP contribution in [0.1, 0.15) is 44.9 Å². The number of rotatable bonds is 9. The molecule has 1 aromatic heterocycles. The van der Waals surface area contributed by atoms with E-state index < -0.39 is 0 Å². The van der Waals surface area contributed by atoms with Gasteiger partial charge in [-0.1, -0.05) is 45.9 Å². The van der Waals surface area contributed by atoms with Crippen LogP contribution in [0.4, 0.5) is 0 Å². The summed E-state index contributed by atoms with van der Waals surface area (Å²) in [5, 5.41) is 0. The Labute approximate surface area is 188 Å². The van der Waals surface area contributed by atoms with Crippen LogP contribution in [0.25, 0.3) is 0 Å². The Bertz CT molecular complexity index is 858. The van der Waals surface area contributed by atoms with Crippen LogP contribution in [-0.4, -0.2) is 53.6 Å². The first-order valence-corrected chi connectivity index (χ1v) is 11.5. The van der Waals surface area contributed by atoms with Crippen LogP contribution in [0.3, 0.4) is 0 Å². The predicted octanol–water partition coefficient (Wildman–Crippen LogP) is 4.39. The molecule has 2 atom stereocenters. The minimum absolute atomic E-state index is 0.0179. The van der Waals surface area contributed by atoms with Crippen molar-refractivity contribution in [2.24, 2.45) is 24.8 Å². The van der Waals surface area contributed by atoms with Crippen LogP contribution in [0, 0.1) is 17.8 Å². The van der Waals surface area contributed by atoms with Gasteiger partial charge in [-0.2, -0.15) is 0 Å². The number of carbonyl (C=O) groups excluding carboxylic acids is 1. The number of carbonyl (C=O) groups is 1. The zero-order valence-electron chi connectivity index (χ0n) is 20.0. The number of aryl methyl sites for hydroxylation is 1. The first kappa shape index (κ1) is 23.4. The molecule has 1 amide bonds. The largest absolute Gasteiger partial charge is 0.496 e. The lowest BCUT2D eigenvalue weighted by Gasteiger charge is -2.31. The molecule has 0 spiro atoms. The normalized spacial score (nSPS) is 19.4. The molecule has 2 unspecified atom stereocenters. The number of para-hydroxylation sites is 1. The first-order chi connectivity index (χ1) is 14.8. The quantitative estimate of drug-likeness (QED) is 0.598. The van der Waals surface area contributed by atoms with Gasteiger partial charge < -0.3 is 14.2 Å². The fourth-order valence-corrected chi connectivity index (χ4v) is 4.83. The second-order valence-electron chi connectivity index (χ2n) is 9.70. The van der Waals surface area contributed by atoms with Gasteiger partial charge in [-0.05, 0) is 35.6 Å². The van der Waals surface area contributed by atoms with Crippen LogP contribution in [0.15, 0.2) is 42.6 Å². The van der Waals surface area contributed by atoms with Gasteiger partial charge in [0.1, 0.15) is 5.75 Å². The molecule has 1 aliphatic heterocycles. The molecule has 0 aliphatic carbocycles. The molecule has 0 saturated carbocycles. The van der Waals surface area contributed by atoms with E-state index in [0.717, 1.165) is 38.5 Å². The van der Waals surface area contributed by atoms with Crippen molar-refractivity contribution in [1.29, 1.82) is 0 Å². The van der Waals surface area contributed by atoms with Gasteiger partial charge in [0, 0.05) is 63.5 Å². The maximum atomic E-state index is 13.0. The van der Waals surface area contributed by atoms with Crippen molar-refractivity contribution >= 4 is 5.91 Å². The number of hydrogen-bond acceptors (Lipinski definition) is 3. The molecule has 1 fully saturated rings. The lowest BCUT2D eigenvalue weighted by atomic mass is 9.87. The summed E-state index contributed by atoms with van der Waals surface area (Å²) in [5.74, 6) is 2.39. The highest BCUT2D eigenvalue weighted by Gasteiger charge is 2.37. The molecule has 1 saturated heterocycles. The number of methoxy groups -OCH3 is 1. The Hall–Kier alpha value is -2.27. The molecule has 2 heterocycles. The molecule has 3 rings (SSSR count). The van der Waals surface area contributed by atoms with Gasteiger partial charge in [-0.25, -0.2) is 0 Å². The summed E-state index contributed by atoms with van der Waals surface area (Å²) in [4.78, 5) is 17.6. The van der Waals surface area contributed by atoms with E-state index in [1.54, 1.807) is 7.11 Å². The first-order valence-electron chi connectivity index (χ1n) is 11.5. The highest BCUT2D eigenvalue weighted by molar-refractivity contribution is 5.78. The molecule has 2 aromatic rings. The summed E-state index contributed by atoms with van der Waals surface area (Å²) in [6.07, 6.45) is 2.10. The minimum Gasteiger partial charge on any atom is -0.496 e. The van der Waals surface area contributed by atoms with Gasteiger partial charge in [-0.15, -0.1) is 0 Å². The van der Waals surface area contributed by atoms with E-state index in [1.165, 1.54) is 11.3 Å². The second kappa shape index (κ2) is 10.4. The highest BCUT2D eigenvalue weighted by atomic mass is 16.5. The third-order valence-corrected chi connectivity index (χ3v) is 6.34. The molecular weight excluding hydrogens is 386 g/mol. The highest BCUT2D eigenvalue weighted by Crippen LogP contribution is 2.38. The topological polar surface area (TPSA) is 37.7 Å². The monoisotopic (exact) mass is 425 g/mol. The molecule has 31 heavy (non-hydrogen) atoms. The van der Waals surface area contributed by atoms with E-state index >= 15 is 0 Å². The van der Waals surface area contributed by atoms with Crippen molar-refractivity contribution < 1.29 is 9.53 Å². The van der Waals surface area contributed by atoms with E-state index in [0.29, 0.717) is 17.8 Å². The third kappa shape index (κ3) is 5.70. The van der Waals surface area contributed by atoms with Crippen molar-refractivity contribution in [3.05, 3.63) is 53.9 Å². The SMILES string of the molecule is COc1ccccc1C1CN(Cc2cccn2C)CC1CN(CC(C)C)C(=O)C(C)C. The van der Waals surface area contributed by atoms with Crippen molar-refractivity contribution in [2.75, 3.05) is 33.3 Å². The minimum atomic E-state index is 0.0179. The summed E-state index contributed by atoms with van der Waals surface area (Å²) in [7, 11) is 3.85. The molecule has 0 N–H and O–H groups in total. The van der Waals surface area contributed by atoms with Crippen LogP contribution in [-0.2, 0) is 18.4 Å². The molecule has 5 nitrogen and oxygen atoms in total. The van der Waals surface area contributed by atoms with E-state index in [2.05, 4.69) is 71.8 Å². The van der Waals surface area contributed by atoms with Crippen LogP contribution in [0.5, 0.6) is 5.75 Å². The standard InChI is InChI=1S/C26H39N3O2/c1-19(2)14-29(26(30)20(3)4)16-21-15-28(17-22-10-9-13-27(22)5)18-24(21)23-11-7-8-12-25(23)31-6/h7-13,19-21,24H,14-18H2,1-6H3. The van der Waals surface area contributed by atoms with E-state index in [-0.39, 0.29) is 11.8 Å². The summed E-state index contributed by atoms with van der Waals surface area (Å²) in [6, 6.07) is 12.7. The zero-order valence-corrected chi connectivity index (χ0v) is 20.0. The third-order valence-electron chi connectivity index (χ3n) is 6.34. The summed E-state index contributed by atoms with van der Waals surface area (Å²) in [6.45, 7) is 12.9. The van der Waals surface area contributed by atoms with Crippen molar-refractivity contribution in [1.82, 2.24) is 14.4 Å². The number of amides is 1. The Morgan fingerprint density at radius 1 is 1.13 bits per heavy atom. The number of likely N-dealkylation sites (tertiary alicyclic amines) is 1. The summed E-state index contributed by atoms with van der Waals surface area (Å²) in [5.41, 5.74) is 2.57. The van der Waals surface area contributed by atoms with E-state index in [4.69, 9.17) is 4.74 Å². The van der Waals surface area contributed by atoms with E-state index in [1.807, 2.05) is 19.9 Å². The molecule has 5 heteroatoms. The lowest BCUT2D eigenvalue weighted by molar-refractivity contribution is -0.135. The molecule has 0 bridgehead atoms. The predicted molar refractivity (Wildman–Crippen MR) is 126 cm³/mol. The van der Waals surface area contributed by atoms with Gasteiger partial charge in [0.2, 0.25) is 5.91 Å². The smallest absolute Gasteiger partial charge is 0.225 e. The van der Waals surface area contributed by atoms with Crippen molar-refractivity contribution in [2.45, 2.75) is 40.2 Å². The fourth-order valence-electron chi connectivity index (χ4n) is 4.83. The maximum Gasteiger partial charge on any atom is 0.225 e. The Kier molecular flexibility index (Phi) is 7.82.